The predicted octanol–water partition coefficient (Wildman–Crippen LogP) is 2.49. The van der Waals surface area contributed by atoms with Crippen molar-refractivity contribution in [3.8, 4) is 0 Å². The summed E-state index contributed by atoms with van der Waals surface area (Å²) in [6.07, 6.45) is 0.746. The van der Waals surface area contributed by atoms with Crippen LogP contribution in [0, 0.1) is 18.8 Å². The van der Waals surface area contributed by atoms with Crippen molar-refractivity contribution in [2.75, 3.05) is 0 Å². The number of hydrogen-bond acceptors (Lipinski definition) is 4. The number of aromatic nitrogens is 1. The summed E-state index contributed by atoms with van der Waals surface area (Å²) in [4.78, 5) is 28.2. The monoisotopic (exact) mass is 298 g/mol. The van der Waals surface area contributed by atoms with Crippen LogP contribution in [0.25, 0.3) is 0 Å². The van der Waals surface area contributed by atoms with E-state index in [1.165, 1.54) is 11.3 Å². The van der Waals surface area contributed by atoms with E-state index in [-0.39, 0.29) is 5.91 Å². The highest BCUT2D eigenvalue weighted by atomic mass is 32.1. The van der Waals surface area contributed by atoms with Crippen LogP contribution in [0.3, 0.4) is 0 Å². The second kappa shape index (κ2) is 6.83. The molecule has 0 bridgehead atoms. The summed E-state index contributed by atoms with van der Waals surface area (Å²) in [7, 11) is 0. The van der Waals surface area contributed by atoms with Gasteiger partial charge in [0.15, 0.2) is 0 Å². The maximum absolute atomic E-state index is 12.3. The Balaban J connectivity index is 2.84. The van der Waals surface area contributed by atoms with Crippen LogP contribution >= 0.6 is 11.3 Å². The molecule has 1 aromatic heterocycles. The van der Waals surface area contributed by atoms with E-state index in [0.29, 0.717) is 10.8 Å². The van der Waals surface area contributed by atoms with Crippen LogP contribution in [-0.2, 0) is 11.2 Å². The van der Waals surface area contributed by atoms with Crippen molar-refractivity contribution >= 4 is 23.2 Å². The second-order valence-electron chi connectivity index (χ2n) is 5.50. The first kappa shape index (κ1) is 16.6. The van der Waals surface area contributed by atoms with Crippen molar-refractivity contribution in [3.63, 3.8) is 0 Å². The minimum Gasteiger partial charge on any atom is -0.481 e. The first-order valence-electron chi connectivity index (χ1n) is 6.72. The topological polar surface area (TPSA) is 79.3 Å². The number of thiazole rings is 1. The van der Waals surface area contributed by atoms with Crippen molar-refractivity contribution < 1.29 is 14.7 Å². The summed E-state index contributed by atoms with van der Waals surface area (Å²) in [5, 5.41) is 12.6. The van der Waals surface area contributed by atoms with Gasteiger partial charge in [-0.15, -0.1) is 11.3 Å². The van der Waals surface area contributed by atoms with Crippen LogP contribution in [0.15, 0.2) is 0 Å². The van der Waals surface area contributed by atoms with E-state index in [2.05, 4.69) is 24.1 Å². The molecule has 112 valence electrons. The predicted molar refractivity (Wildman–Crippen MR) is 79.1 cm³/mol. The van der Waals surface area contributed by atoms with Gasteiger partial charge < -0.3 is 10.4 Å². The van der Waals surface area contributed by atoms with Gasteiger partial charge >= 0.3 is 5.97 Å². The molecule has 0 saturated carbocycles. The number of carboxylic acids is 1. The fraction of sp³-hybridized carbons (Fsp3) is 0.643. The molecule has 6 heteroatoms. The molecule has 0 saturated heterocycles. The summed E-state index contributed by atoms with van der Waals surface area (Å²) < 4.78 is 0. The Morgan fingerprint density at radius 2 is 1.90 bits per heavy atom. The number of aliphatic carboxylic acids is 1. The molecular formula is C14H22N2O3S. The van der Waals surface area contributed by atoms with Crippen molar-refractivity contribution in [1.29, 1.82) is 0 Å². The largest absolute Gasteiger partial charge is 0.481 e. The molecular weight excluding hydrogens is 276 g/mol. The maximum Gasteiger partial charge on any atom is 0.308 e. The summed E-state index contributed by atoms with van der Waals surface area (Å²) in [6, 6.07) is -0.422. The number of carbonyl (C=O) groups excluding carboxylic acids is 1. The fourth-order valence-electron chi connectivity index (χ4n) is 1.78. The van der Waals surface area contributed by atoms with Gasteiger partial charge in [-0.1, -0.05) is 13.8 Å². The van der Waals surface area contributed by atoms with E-state index in [4.69, 9.17) is 5.11 Å². The molecule has 0 aliphatic heterocycles. The molecule has 2 N–H and O–H groups in total. The normalized spacial score (nSPS) is 14.1. The number of carboxylic acid groups (broad SMARTS) is 1. The number of nitrogens with zero attached hydrogens (tertiary/aromatic N) is 1. The van der Waals surface area contributed by atoms with Crippen molar-refractivity contribution in [1.82, 2.24) is 10.3 Å². The third-order valence-electron chi connectivity index (χ3n) is 3.11. The zero-order valence-corrected chi connectivity index (χ0v) is 13.4. The Kier molecular flexibility index (Phi) is 5.68. The fourth-order valence-corrected chi connectivity index (χ4v) is 2.63. The SMILES string of the molecule is Cc1nc(CC(C)C)c(C(=O)NC(C)C(C)C(=O)O)s1. The smallest absolute Gasteiger partial charge is 0.308 e. The minimum absolute atomic E-state index is 0.230. The highest BCUT2D eigenvalue weighted by Crippen LogP contribution is 2.21. The molecule has 5 nitrogen and oxygen atoms in total. The highest BCUT2D eigenvalue weighted by molar-refractivity contribution is 7.13. The van der Waals surface area contributed by atoms with Gasteiger partial charge in [-0.25, -0.2) is 4.98 Å². The van der Waals surface area contributed by atoms with Crippen molar-refractivity contribution in [2.24, 2.45) is 11.8 Å². The number of hydrogen-bond donors (Lipinski definition) is 2. The van der Waals surface area contributed by atoms with Crippen LogP contribution in [-0.4, -0.2) is 28.0 Å². The van der Waals surface area contributed by atoms with E-state index in [9.17, 15) is 9.59 Å². The number of aryl methyl sites for hydroxylation is 1. The van der Waals surface area contributed by atoms with E-state index in [1.807, 2.05) is 6.92 Å². The molecule has 1 rings (SSSR count). The number of rotatable bonds is 6. The highest BCUT2D eigenvalue weighted by Gasteiger charge is 2.24. The van der Waals surface area contributed by atoms with Gasteiger partial charge in [-0.3, -0.25) is 9.59 Å². The first-order valence-corrected chi connectivity index (χ1v) is 7.54. The lowest BCUT2D eigenvalue weighted by Gasteiger charge is -2.17. The van der Waals surface area contributed by atoms with Gasteiger partial charge in [0, 0.05) is 6.04 Å². The summed E-state index contributed by atoms with van der Waals surface area (Å²) in [5.74, 6) is -1.35. The molecule has 0 spiro atoms. The summed E-state index contributed by atoms with van der Waals surface area (Å²) in [5.41, 5.74) is 0.801. The number of nitrogens with one attached hydrogen (secondary N) is 1. The lowest BCUT2D eigenvalue weighted by Crippen LogP contribution is -2.40. The van der Waals surface area contributed by atoms with E-state index >= 15 is 0 Å². The maximum atomic E-state index is 12.3. The third kappa shape index (κ3) is 4.30. The number of amides is 1. The lowest BCUT2D eigenvalue weighted by atomic mass is 10.0. The van der Waals surface area contributed by atoms with Crippen molar-refractivity contribution in [3.05, 3.63) is 15.6 Å². The minimum atomic E-state index is -0.916. The Labute approximate surface area is 123 Å². The first-order chi connectivity index (χ1) is 9.22. The molecule has 0 aliphatic carbocycles. The average molecular weight is 298 g/mol. The van der Waals surface area contributed by atoms with Gasteiger partial charge in [0.05, 0.1) is 16.6 Å². The van der Waals surface area contributed by atoms with Gasteiger partial charge in [0.25, 0.3) is 5.91 Å². The van der Waals surface area contributed by atoms with Crippen molar-refractivity contribution in [2.45, 2.75) is 47.1 Å². The van der Waals surface area contributed by atoms with Gasteiger partial charge in [0.1, 0.15) is 4.88 Å². The zero-order valence-electron chi connectivity index (χ0n) is 12.6. The molecule has 0 aromatic carbocycles. The third-order valence-corrected chi connectivity index (χ3v) is 4.12. The van der Waals surface area contributed by atoms with E-state index in [1.54, 1.807) is 13.8 Å². The summed E-state index contributed by atoms with van der Waals surface area (Å²) >= 11 is 1.36. The zero-order chi connectivity index (χ0) is 15.4. The second-order valence-corrected chi connectivity index (χ2v) is 6.70. The van der Waals surface area contributed by atoms with Crippen LogP contribution < -0.4 is 5.32 Å². The molecule has 1 heterocycles. The van der Waals surface area contributed by atoms with E-state index in [0.717, 1.165) is 17.1 Å². The molecule has 0 radical (unpaired) electrons. The van der Waals surface area contributed by atoms with Crippen LogP contribution in [0.4, 0.5) is 0 Å². The van der Waals surface area contributed by atoms with Crippen LogP contribution in [0.2, 0.25) is 0 Å². The molecule has 2 atom stereocenters. The Morgan fingerprint density at radius 1 is 1.30 bits per heavy atom. The molecule has 1 aromatic rings. The average Bonchev–Trinajstić information content (AvgIpc) is 2.67. The Bertz CT molecular complexity index is 497. The van der Waals surface area contributed by atoms with Gasteiger partial charge in [-0.05, 0) is 33.1 Å². The molecule has 20 heavy (non-hydrogen) atoms. The lowest BCUT2D eigenvalue weighted by molar-refractivity contribution is -0.141. The standard InChI is InChI=1S/C14H22N2O3S/c1-7(2)6-11-12(20-10(5)16-11)13(17)15-9(4)8(3)14(18)19/h7-9H,6H2,1-5H3,(H,15,17)(H,18,19). The van der Waals surface area contributed by atoms with Gasteiger partial charge in [-0.2, -0.15) is 0 Å². The molecule has 2 unspecified atom stereocenters. The quantitative estimate of drug-likeness (QED) is 0.845. The summed E-state index contributed by atoms with van der Waals surface area (Å²) in [6.45, 7) is 9.30. The number of carbonyl (C=O) groups is 2. The van der Waals surface area contributed by atoms with E-state index < -0.39 is 17.9 Å². The van der Waals surface area contributed by atoms with Gasteiger partial charge in [0.2, 0.25) is 0 Å². The Hall–Kier alpha value is -1.43. The molecule has 0 fully saturated rings. The van der Waals surface area contributed by atoms with Crippen LogP contribution in [0.1, 0.15) is 48.1 Å². The molecule has 0 aliphatic rings. The molecule has 1 amide bonds. The van der Waals surface area contributed by atoms with Crippen LogP contribution in [0.5, 0.6) is 0 Å². The Morgan fingerprint density at radius 3 is 2.40 bits per heavy atom.